The number of benzene rings is 1. The number of hydrogen-bond donors (Lipinski definition) is 1. The van der Waals surface area contributed by atoms with E-state index in [2.05, 4.69) is 29.3 Å². The van der Waals surface area contributed by atoms with Gasteiger partial charge in [0.15, 0.2) is 0 Å². The highest BCUT2D eigenvalue weighted by Gasteiger charge is 2.22. The number of nitrogens with one attached hydrogen (secondary N) is 1. The lowest BCUT2D eigenvalue weighted by molar-refractivity contribution is 0.617. The van der Waals surface area contributed by atoms with E-state index >= 15 is 0 Å². The summed E-state index contributed by atoms with van der Waals surface area (Å²) < 4.78 is 0. The largest absolute Gasteiger partial charge is 0.369 e. The topological polar surface area (TPSA) is 15.3 Å². The molecule has 3 heteroatoms. The molecule has 1 N–H and O–H groups in total. The van der Waals surface area contributed by atoms with Crippen LogP contribution in [0.2, 0.25) is 5.02 Å². The van der Waals surface area contributed by atoms with Crippen molar-refractivity contribution < 1.29 is 0 Å². The first kappa shape index (κ1) is 10.8. The molecule has 1 heterocycles. The Hall–Kier alpha value is -0.730. The molecule has 0 amide bonds. The van der Waals surface area contributed by atoms with E-state index in [9.17, 15) is 0 Å². The van der Waals surface area contributed by atoms with Crippen LogP contribution in [-0.4, -0.2) is 26.2 Å². The second-order valence-electron chi connectivity index (χ2n) is 4.18. The van der Waals surface area contributed by atoms with Gasteiger partial charge < -0.3 is 10.2 Å². The molecule has 0 radical (unpaired) electrons. The van der Waals surface area contributed by atoms with Crippen molar-refractivity contribution in [3.05, 3.63) is 28.8 Å². The molecular weight excluding hydrogens is 208 g/mol. The summed E-state index contributed by atoms with van der Waals surface area (Å²) in [5, 5.41) is 4.18. The fourth-order valence-electron chi connectivity index (χ4n) is 2.08. The molecule has 1 saturated heterocycles. The van der Waals surface area contributed by atoms with Crippen LogP contribution in [0.4, 0.5) is 5.69 Å². The predicted octanol–water partition coefficient (Wildman–Crippen LogP) is 2.45. The van der Waals surface area contributed by atoms with Crippen LogP contribution < -0.4 is 10.2 Å². The van der Waals surface area contributed by atoms with E-state index in [1.165, 1.54) is 17.7 Å². The van der Waals surface area contributed by atoms with Gasteiger partial charge in [-0.05, 0) is 38.1 Å². The summed E-state index contributed by atoms with van der Waals surface area (Å²) in [6.45, 7) is 4.21. The quantitative estimate of drug-likeness (QED) is 0.830. The van der Waals surface area contributed by atoms with E-state index in [0.717, 1.165) is 18.1 Å². The molecule has 1 unspecified atom stereocenters. The summed E-state index contributed by atoms with van der Waals surface area (Å²) in [5.41, 5.74) is 2.38. The number of likely N-dealkylation sites (N-methyl/N-ethyl adjacent to an activating group) is 1. The van der Waals surface area contributed by atoms with Gasteiger partial charge in [0, 0.05) is 19.1 Å². The average molecular weight is 225 g/mol. The maximum Gasteiger partial charge on any atom is 0.0642 e. The highest BCUT2D eigenvalue weighted by molar-refractivity contribution is 6.33. The fourth-order valence-corrected chi connectivity index (χ4v) is 2.44. The lowest BCUT2D eigenvalue weighted by atomic mass is 10.2. The van der Waals surface area contributed by atoms with E-state index in [-0.39, 0.29) is 0 Å². The van der Waals surface area contributed by atoms with E-state index in [4.69, 9.17) is 11.6 Å². The number of hydrogen-bond acceptors (Lipinski definition) is 2. The van der Waals surface area contributed by atoms with Crippen LogP contribution in [-0.2, 0) is 0 Å². The predicted molar refractivity (Wildman–Crippen MR) is 65.9 cm³/mol. The van der Waals surface area contributed by atoms with Gasteiger partial charge in [-0.3, -0.25) is 0 Å². The van der Waals surface area contributed by atoms with Gasteiger partial charge in [0.2, 0.25) is 0 Å². The van der Waals surface area contributed by atoms with Crippen molar-refractivity contribution in [1.82, 2.24) is 5.32 Å². The second kappa shape index (κ2) is 4.42. The smallest absolute Gasteiger partial charge is 0.0642 e. The Morgan fingerprint density at radius 3 is 2.87 bits per heavy atom. The minimum atomic E-state index is 0.599. The van der Waals surface area contributed by atoms with Crippen molar-refractivity contribution in [3.8, 4) is 0 Å². The molecule has 1 aliphatic heterocycles. The molecule has 1 fully saturated rings. The van der Waals surface area contributed by atoms with Gasteiger partial charge in [-0.25, -0.2) is 0 Å². The van der Waals surface area contributed by atoms with E-state index < -0.39 is 0 Å². The number of halogens is 1. The van der Waals surface area contributed by atoms with Crippen molar-refractivity contribution in [2.75, 3.05) is 25.0 Å². The molecule has 1 aliphatic rings. The molecule has 0 bridgehead atoms. The first-order chi connectivity index (χ1) is 7.20. The third-order valence-electron chi connectivity index (χ3n) is 3.04. The van der Waals surface area contributed by atoms with Gasteiger partial charge in [0.25, 0.3) is 0 Å². The maximum absolute atomic E-state index is 6.24. The molecule has 2 rings (SSSR count). The highest BCUT2D eigenvalue weighted by atomic mass is 35.5. The lowest BCUT2D eigenvalue weighted by Gasteiger charge is -2.20. The van der Waals surface area contributed by atoms with Crippen molar-refractivity contribution >= 4 is 17.3 Å². The fraction of sp³-hybridized carbons (Fsp3) is 0.500. The van der Waals surface area contributed by atoms with Crippen LogP contribution in [0.3, 0.4) is 0 Å². The second-order valence-corrected chi connectivity index (χ2v) is 4.58. The van der Waals surface area contributed by atoms with Crippen molar-refractivity contribution in [3.63, 3.8) is 0 Å². The summed E-state index contributed by atoms with van der Waals surface area (Å²) in [7, 11) is 2.02. The van der Waals surface area contributed by atoms with E-state index in [0.29, 0.717) is 6.04 Å². The number of rotatable bonds is 2. The molecule has 1 aromatic carbocycles. The molecule has 0 saturated carbocycles. The normalized spacial score (nSPS) is 21.0. The van der Waals surface area contributed by atoms with Crippen molar-refractivity contribution in [2.45, 2.75) is 19.4 Å². The summed E-state index contributed by atoms with van der Waals surface area (Å²) in [6, 6.07) is 6.87. The Bertz CT molecular complexity index is 351. The number of aryl methyl sites for hydroxylation is 1. The zero-order valence-corrected chi connectivity index (χ0v) is 10.0. The molecule has 0 spiro atoms. The number of nitrogens with zero attached hydrogens (tertiary/aromatic N) is 1. The van der Waals surface area contributed by atoms with E-state index in [1.807, 2.05) is 13.1 Å². The molecule has 15 heavy (non-hydrogen) atoms. The first-order valence-electron chi connectivity index (χ1n) is 5.39. The minimum absolute atomic E-state index is 0.599. The van der Waals surface area contributed by atoms with Crippen LogP contribution in [0.5, 0.6) is 0 Å². The Morgan fingerprint density at radius 1 is 1.47 bits per heavy atom. The van der Waals surface area contributed by atoms with Crippen LogP contribution in [0.15, 0.2) is 18.2 Å². The van der Waals surface area contributed by atoms with Gasteiger partial charge in [-0.2, -0.15) is 0 Å². The van der Waals surface area contributed by atoms with Crippen molar-refractivity contribution in [2.24, 2.45) is 0 Å². The summed E-state index contributed by atoms with van der Waals surface area (Å²) in [5.74, 6) is 0. The van der Waals surface area contributed by atoms with Crippen LogP contribution in [0.25, 0.3) is 0 Å². The summed E-state index contributed by atoms with van der Waals surface area (Å²) >= 11 is 6.24. The molecule has 1 atom stereocenters. The zero-order chi connectivity index (χ0) is 10.8. The van der Waals surface area contributed by atoms with Gasteiger partial charge in [0.05, 0.1) is 10.7 Å². The SMILES string of the molecule is CNC1CCN(c2ccc(C)cc2Cl)C1. The maximum atomic E-state index is 6.24. The Labute approximate surface area is 96.2 Å². The molecule has 2 nitrogen and oxygen atoms in total. The van der Waals surface area contributed by atoms with Gasteiger partial charge in [-0.15, -0.1) is 0 Å². The van der Waals surface area contributed by atoms with Gasteiger partial charge in [-0.1, -0.05) is 17.7 Å². The third kappa shape index (κ3) is 2.27. The Balaban J connectivity index is 2.17. The highest BCUT2D eigenvalue weighted by Crippen LogP contribution is 2.29. The third-order valence-corrected chi connectivity index (χ3v) is 3.34. The molecule has 1 aromatic rings. The standard InChI is InChI=1S/C12H17ClN2/c1-9-3-4-12(11(13)7-9)15-6-5-10(8-15)14-2/h3-4,7,10,14H,5-6,8H2,1-2H3. The van der Waals surface area contributed by atoms with Gasteiger partial charge in [0.1, 0.15) is 0 Å². The monoisotopic (exact) mass is 224 g/mol. The van der Waals surface area contributed by atoms with E-state index in [1.54, 1.807) is 0 Å². The summed E-state index contributed by atoms with van der Waals surface area (Å²) in [4.78, 5) is 2.35. The number of anilines is 1. The van der Waals surface area contributed by atoms with Crippen LogP contribution in [0, 0.1) is 6.92 Å². The Morgan fingerprint density at radius 2 is 2.27 bits per heavy atom. The van der Waals surface area contributed by atoms with Crippen LogP contribution in [0.1, 0.15) is 12.0 Å². The molecule has 0 aromatic heterocycles. The minimum Gasteiger partial charge on any atom is -0.369 e. The van der Waals surface area contributed by atoms with Gasteiger partial charge >= 0.3 is 0 Å². The van der Waals surface area contributed by atoms with Crippen LogP contribution >= 0.6 is 11.6 Å². The molecule has 82 valence electrons. The summed E-state index contributed by atoms with van der Waals surface area (Å²) in [6.07, 6.45) is 1.20. The van der Waals surface area contributed by atoms with Crippen molar-refractivity contribution in [1.29, 1.82) is 0 Å². The lowest BCUT2D eigenvalue weighted by Crippen LogP contribution is -2.29. The average Bonchev–Trinajstić information content (AvgIpc) is 2.66. The zero-order valence-electron chi connectivity index (χ0n) is 9.26. The molecular formula is C12H17ClN2. The Kier molecular flexibility index (Phi) is 3.17. The first-order valence-corrected chi connectivity index (χ1v) is 5.77. The molecule has 0 aliphatic carbocycles.